The molecule has 0 radical (unpaired) electrons. The van der Waals surface area contributed by atoms with Crippen molar-refractivity contribution < 1.29 is 22.7 Å². The van der Waals surface area contributed by atoms with Crippen LogP contribution in [-0.2, 0) is 19.6 Å². The zero-order chi connectivity index (χ0) is 23.3. The van der Waals surface area contributed by atoms with Gasteiger partial charge in [-0.1, -0.05) is 18.2 Å². The maximum atomic E-state index is 12.4. The molecule has 11 heteroatoms. The molecule has 2 aromatic carbocycles. The third kappa shape index (κ3) is 5.77. The normalized spacial score (nSPS) is 12.4. The highest BCUT2D eigenvalue weighted by molar-refractivity contribution is 7.89. The van der Waals surface area contributed by atoms with Crippen LogP contribution in [0.5, 0.6) is 0 Å². The fraction of sp³-hybridized carbons (Fsp3) is 0.238. The third-order valence-corrected chi connectivity index (χ3v) is 5.84. The van der Waals surface area contributed by atoms with Crippen molar-refractivity contribution in [1.82, 2.24) is 19.7 Å². The molecule has 0 fully saturated rings. The van der Waals surface area contributed by atoms with Crippen LogP contribution in [0.1, 0.15) is 31.3 Å². The van der Waals surface area contributed by atoms with Gasteiger partial charge in [0.1, 0.15) is 0 Å². The van der Waals surface area contributed by atoms with Crippen molar-refractivity contribution in [3.63, 3.8) is 0 Å². The van der Waals surface area contributed by atoms with Gasteiger partial charge in [0.25, 0.3) is 5.91 Å². The number of nitrogens with one attached hydrogen (secondary N) is 2. The number of carbonyl (C=O) groups is 2. The Morgan fingerprint density at radius 1 is 1.00 bits per heavy atom. The molecule has 1 heterocycles. The van der Waals surface area contributed by atoms with E-state index in [0.29, 0.717) is 11.4 Å². The Bertz CT molecular complexity index is 1190. The van der Waals surface area contributed by atoms with E-state index in [1.54, 1.807) is 26.0 Å². The number of sulfonamides is 1. The van der Waals surface area contributed by atoms with Gasteiger partial charge in [0.2, 0.25) is 10.0 Å². The summed E-state index contributed by atoms with van der Waals surface area (Å²) in [6.07, 6.45) is 0.139. The van der Waals surface area contributed by atoms with E-state index in [0.717, 1.165) is 0 Å². The van der Waals surface area contributed by atoms with Gasteiger partial charge in [0.05, 0.1) is 16.8 Å². The minimum Gasteiger partial charge on any atom is -0.448 e. The average molecular weight is 458 g/mol. The molecule has 1 aromatic heterocycles. The van der Waals surface area contributed by atoms with Crippen LogP contribution in [0.25, 0.3) is 5.69 Å². The monoisotopic (exact) mass is 457 g/mol. The molecule has 0 spiro atoms. The summed E-state index contributed by atoms with van der Waals surface area (Å²) in [5.74, 6) is -1.37. The van der Waals surface area contributed by atoms with Crippen LogP contribution in [0.4, 0.5) is 5.69 Å². The number of hydrogen-bond donors (Lipinski definition) is 2. The Morgan fingerprint density at radius 3 is 2.28 bits per heavy atom. The summed E-state index contributed by atoms with van der Waals surface area (Å²) in [4.78, 5) is 26.0. The molecule has 1 amide bonds. The summed E-state index contributed by atoms with van der Waals surface area (Å²) in [5.41, 5.74) is 0.989. The summed E-state index contributed by atoms with van der Waals surface area (Å²) in [6, 6.07) is 14.4. The number of rotatable bonds is 8. The molecule has 2 N–H and O–H groups in total. The lowest BCUT2D eigenvalue weighted by atomic mass is 10.3. The second-order valence-corrected chi connectivity index (χ2v) is 8.91. The summed E-state index contributed by atoms with van der Waals surface area (Å²) in [6.45, 7) is 4.86. The number of amides is 1. The first-order chi connectivity index (χ1) is 15.2. The van der Waals surface area contributed by atoms with E-state index in [1.807, 2.05) is 18.2 Å². The number of carbonyl (C=O) groups excluding carboxylic acids is 2. The third-order valence-electron chi connectivity index (χ3n) is 4.16. The number of para-hydroxylation sites is 1. The lowest BCUT2D eigenvalue weighted by molar-refractivity contribution is -0.123. The molecule has 3 aromatic rings. The van der Waals surface area contributed by atoms with Gasteiger partial charge in [-0.05, 0) is 57.2 Å². The van der Waals surface area contributed by atoms with Crippen molar-refractivity contribution in [2.75, 3.05) is 5.32 Å². The first kappa shape index (κ1) is 23.1. The van der Waals surface area contributed by atoms with Gasteiger partial charge in [-0.15, -0.1) is 5.10 Å². The van der Waals surface area contributed by atoms with Crippen molar-refractivity contribution in [1.29, 1.82) is 0 Å². The molecule has 0 aliphatic carbocycles. The molecule has 1 atom stereocenters. The number of benzene rings is 2. The van der Waals surface area contributed by atoms with Crippen molar-refractivity contribution >= 4 is 27.6 Å². The van der Waals surface area contributed by atoms with Gasteiger partial charge < -0.3 is 10.1 Å². The highest BCUT2D eigenvalue weighted by Gasteiger charge is 2.22. The Balaban J connectivity index is 1.59. The smallest absolute Gasteiger partial charge is 0.361 e. The summed E-state index contributed by atoms with van der Waals surface area (Å²) >= 11 is 0. The lowest BCUT2D eigenvalue weighted by Crippen LogP contribution is -2.31. The Morgan fingerprint density at radius 2 is 1.66 bits per heavy atom. The van der Waals surface area contributed by atoms with Gasteiger partial charge in [-0.3, -0.25) is 4.79 Å². The standard InChI is InChI=1S/C21H23N5O5S/c1-14(2)25-32(29,30)18-11-9-16(10-12-18)23-20(27)15(3)31-21(28)19-13-22-26(24-19)17-7-5-4-6-8-17/h4-15,25H,1-3H3,(H,23,27)/t15-/m1/s1. The minimum atomic E-state index is -3.63. The molecule has 0 bridgehead atoms. The van der Waals surface area contributed by atoms with Crippen LogP contribution in [0.2, 0.25) is 0 Å². The molecule has 0 unspecified atom stereocenters. The zero-order valence-corrected chi connectivity index (χ0v) is 18.5. The van der Waals surface area contributed by atoms with Gasteiger partial charge in [0.15, 0.2) is 11.8 Å². The molecular formula is C21H23N5O5S. The van der Waals surface area contributed by atoms with E-state index >= 15 is 0 Å². The van der Waals surface area contributed by atoms with E-state index in [9.17, 15) is 18.0 Å². The van der Waals surface area contributed by atoms with Crippen molar-refractivity contribution in [2.24, 2.45) is 0 Å². The number of aromatic nitrogens is 3. The SMILES string of the molecule is CC(C)NS(=O)(=O)c1ccc(NC(=O)[C@@H](C)OC(=O)c2cnn(-c3ccccc3)n2)cc1. The molecule has 0 aliphatic heterocycles. The van der Waals surface area contributed by atoms with Crippen molar-refractivity contribution in [3.8, 4) is 5.69 Å². The van der Waals surface area contributed by atoms with Gasteiger partial charge in [-0.25, -0.2) is 17.9 Å². The van der Waals surface area contributed by atoms with Crippen LogP contribution in [0.15, 0.2) is 65.7 Å². The first-order valence-electron chi connectivity index (χ1n) is 9.78. The second kappa shape index (κ2) is 9.71. The highest BCUT2D eigenvalue weighted by Crippen LogP contribution is 2.15. The zero-order valence-electron chi connectivity index (χ0n) is 17.7. The molecule has 0 aliphatic rings. The van der Waals surface area contributed by atoms with Crippen LogP contribution in [0.3, 0.4) is 0 Å². The molecule has 168 valence electrons. The van der Waals surface area contributed by atoms with Gasteiger partial charge in [-0.2, -0.15) is 9.90 Å². The maximum absolute atomic E-state index is 12.4. The van der Waals surface area contributed by atoms with Crippen LogP contribution < -0.4 is 10.0 Å². The quantitative estimate of drug-likeness (QED) is 0.495. The topological polar surface area (TPSA) is 132 Å². The number of anilines is 1. The number of ether oxygens (including phenoxy) is 1. The molecule has 32 heavy (non-hydrogen) atoms. The average Bonchev–Trinajstić information content (AvgIpc) is 3.24. The van der Waals surface area contributed by atoms with E-state index < -0.39 is 28.0 Å². The Kier molecular flexibility index (Phi) is 7.01. The molecule has 10 nitrogen and oxygen atoms in total. The number of nitrogens with zero attached hydrogens (tertiary/aromatic N) is 3. The summed E-state index contributed by atoms with van der Waals surface area (Å²) < 4.78 is 32.0. The van der Waals surface area contributed by atoms with Crippen LogP contribution >= 0.6 is 0 Å². The highest BCUT2D eigenvalue weighted by atomic mass is 32.2. The summed E-state index contributed by atoms with van der Waals surface area (Å²) in [7, 11) is -3.63. The molecule has 0 saturated carbocycles. The molecule has 0 saturated heterocycles. The van der Waals surface area contributed by atoms with Gasteiger partial charge >= 0.3 is 5.97 Å². The predicted octanol–water partition coefficient (Wildman–Crippen LogP) is 2.14. The van der Waals surface area contributed by atoms with E-state index in [4.69, 9.17) is 4.74 Å². The van der Waals surface area contributed by atoms with Crippen LogP contribution in [0, 0.1) is 0 Å². The minimum absolute atomic E-state index is 0.0410. The Hall–Kier alpha value is -3.57. The van der Waals surface area contributed by atoms with E-state index in [1.165, 1.54) is 42.2 Å². The van der Waals surface area contributed by atoms with Gasteiger partial charge in [0, 0.05) is 11.7 Å². The Labute approximate surface area is 185 Å². The fourth-order valence-electron chi connectivity index (χ4n) is 2.66. The van der Waals surface area contributed by atoms with E-state index in [2.05, 4.69) is 20.2 Å². The first-order valence-corrected chi connectivity index (χ1v) is 11.3. The number of esters is 1. The number of hydrogen-bond acceptors (Lipinski definition) is 7. The molecule has 3 rings (SSSR count). The molecular weight excluding hydrogens is 434 g/mol. The van der Waals surface area contributed by atoms with Crippen LogP contribution in [-0.4, -0.2) is 47.4 Å². The maximum Gasteiger partial charge on any atom is 0.361 e. The summed E-state index contributed by atoms with van der Waals surface area (Å²) in [5, 5.41) is 10.7. The van der Waals surface area contributed by atoms with E-state index in [-0.39, 0.29) is 16.6 Å². The largest absolute Gasteiger partial charge is 0.448 e. The van der Waals surface area contributed by atoms with Crippen molar-refractivity contribution in [2.45, 2.75) is 37.8 Å². The van der Waals surface area contributed by atoms with Crippen molar-refractivity contribution in [3.05, 3.63) is 66.5 Å². The lowest BCUT2D eigenvalue weighted by Gasteiger charge is -2.13. The predicted molar refractivity (Wildman–Crippen MR) is 117 cm³/mol. The fourth-order valence-corrected chi connectivity index (χ4v) is 3.91. The second-order valence-electron chi connectivity index (χ2n) is 7.19.